The Balaban J connectivity index is 1.04. The van der Waals surface area contributed by atoms with E-state index in [0.29, 0.717) is 0 Å². The number of rotatable bonds is 8. The van der Waals surface area contributed by atoms with Gasteiger partial charge in [0.15, 0.2) is 0 Å². The second-order valence-electron chi connectivity index (χ2n) is 21.1. The van der Waals surface area contributed by atoms with E-state index in [-0.39, 0.29) is 5.41 Å². The Hall–Kier alpha value is -9.24. The van der Waals surface area contributed by atoms with Gasteiger partial charge in [0.2, 0.25) is 0 Å². The second-order valence-corrected chi connectivity index (χ2v) is 21.1. The van der Waals surface area contributed by atoms with Crippen LogP contribution in [0.3, 0.4) is 0 Å². The monoisotopic (exact) mass is 957 g/mol. The summed E-state index contributed by atoms with van der Waals surface area (Å²) < 4.78 is 5.87. The van der Waals surface area contributed by atoms with Gasteiger partial charge in [0.25, 0.3) is 0 Å². The highest BCUT2D eigenvalue weighted by molar-refractivity contribution is 6.01. The predicted octanol–water partition coefficient (Wildman–Crippen LogP) is 18.6. The maximum absolute atomic E-state index is 5.87. The molecule has 1 heterocycles. The molecule has 11 aromatic carbocycles. The van der Waals surface area contributed by atoms with Crippen molar-refractivity contribution in [3.8, 4) is 44.5 Å². The molecule has 15 rings (SSSR count). The van der Waals surface area contributed by atoms with Gasteiger partial charge in [0, 0.05) is 27.7 Å². The van der Waals surface area contributed by atoms with Gasteiger partial charge in [0.1, 0.15) is 5.58 Å². The van der Waals surface area contributed by atoms with Gasteiger partial charge in [-0.05, 0) is 143 Å². The lowest BCUT2D eigenvalue weighted by Gasteiger charge is -2.36. The zero-order chi connectivity index (χ0) is 49.9. The van der Waals surface area contributed by atoms with Gasteiger partial charge in [-0.25, -0.2) is 0 Å². The number of anilines is 3. The summed E-state index contributed by atoms with van der Waals surface area (Å²) in [5, 5.41) is 1.10. The van der Waals surface area contributed by atoms with E-state index in [1.165, 1.54) is 100 Å². The van der Waals surface area contributed by atoms with Crippen LogP contribution in [0.1, 0.15) is 69.5 Å². The summed E-state index contributed by atoms with van der Waals surface area (Å²) in [7, 11) is 0. The van der Waals surface area contributed by atoms with Crippen molar-refractivity contribution in [3.05, 3.63) is 329 Å². The molecule has 0 unspecified atom stereocenters. The van der Waals surface area contributed by atoms with E-state index >= 15 is 0 Å². The van der Waals surface area contributed by atoms with E-state index in [1.807, 2.05) is 0 Å². The summed E-state index contributed by atoms with van der Waals surface area (Å²) in [5.74, 6) is 0. The molecule has 2 heteroatoms. The normalized spacial score (nSPS) is 14.6. The van der Waals surface area contributed by atoms with E-state index in [4.69, 9.17) is 4.42 Å². The standard InChI is InChI=1S/C73H51NO/c1-71(2)62-32-18-17-31-60(62)69-67(41-39-56(70(69)71)48-35-42-68-49(45-48)43-44-75-68)74(54-37-40-65-61(46-54)58-30-16-20-34-64(58)72(65,50-21-7-3-8-22-50)51-23-9-4-10-24-51)55-36-38-59-57-29-15-19-33-63(57)73(66(59)47-55,52-25-11-5-12-26-52)53-27-13-6-14-28-53/h3-47H,1-2H3. The third-order valence-corrected chi connectivity index (χ3v) is 17.1. The molecule has 0 saturated carbocycles. The minimum absolute atomic E-state index is 0.314. The van der Waals surface area contributed by atoms with Crippen molar-refractivity contribution in [2.75, 3.05) is 4.90 Å². The number of hydrogen-bond donors (Lipinski definition) is 0. The van der Waals surface area contributed by atoms with Crippen LogP contribution < -0.4 is 4.90 Å². The number of fused-ring (bicyclic) bond motifs is 10. The first-order valence-electron chi connectivity index (χ1n) is 26.2. The fraction of sp³-hybridized carbons (Fsp3) is 0.0685. The Kier molecular flexibility index (Phi) is 9.47. The molecule has 354 valence electrons. The third kappa shape index (κ3) is 6.02. The molecule has 0 radical (unpaired) electrons. The van der Waals surface area contributed by atoms with Crippen LogP contribution in [0, 0.1) is 0 Å². The summed E-state index contributed by atoms with van der Waals surface area (Å²) in [6.07, 6.45) is 1.79. The molecule has 0 bridgehead atoms. The van der Waals surface area contributed by atoms with E-state index in [1.54, 1.807) is 6.26 Å². The molecule has 12 aromatic rings. The number of furan rings is 1. The first-order valence-corrected chi connectivity index (χ1v) is 26.2. The molecule has 0 N–H and O–H groups in total. The zero-order valence-corrected chi connectivity index (χ0v) is 41.8. The molecule has 0 aliphatic heterocycles. The lowest BCUT2D eigenvalue weighted by atomic mass is 9.67. The number of benzene rings is 11. The van der Waals surface area contributed by atoms with Gasteiger partial charge in [-0.2, -0.15) is 0 Å². The molecule has 2 nitrogen and oxygen atoms in total. The molecule has 0 saturated heterocycles. The lowest BCUT2D eigenvalue weighted by Crippen LogP contribution is -2.29. The van der Waals surface area contributed by atoms with Crippen LogP contribution in [0.25, 0.3) is 55.5 Å². The van der Waals surface area contributed by atoms with E-state index in [2.05, 4.69) is 286 Å². The molecule has 0 spiro atoms. The Morgan fingerprint density at radius 2 is 0.800 bits per heavy atom. The first kappa shape index (κ1) is 43.4. The van der Waals surface area contributed by atoms with E-state index < -0.39 is 10.8 Å². The molecule has 3 aliphatic rings. The van der Waals surface area contributed by atoms with Gasteiger partial charge < -0.3 is 9.32 Å². The number of nitrogens with zero attached hydrogens (tertiary/aromatic N) is 1. The SMILES string of the molecule is CC1(C)c2ccccc2-c2c(N(c3ccc4c(c3)-c3ccccc3C4(c3ccccc3)c3ccccc3)c3ccc4c(c3)C(c3ccccc3)(c3ccccc3)c3ccccc3-4)ccc(-c3ccc4occc4c3)c21. The molecule has 75 heavy (non-hydrogen) atoms. The van der Waals surface area contributed by atoms with Crippen molar-refractivity contribution in [2.24, 2.45) is 0 Å². The van der Waals surface area contributed by atoms with Gasteiger partial charge in [-0.15, -0.1) is 0 Å². The quantitative estimate of drug-likeness (QED) is 0.151. The van der Waals surface area contributed by atoms with Crippen molar-refractivity contribution >= 4 is 28.0 Å². The van der Waals surface area contributed by atoms with Crippen molar-refractivity contribution in [1.82, 2.24) is 0 Å². The molecule has 0 atom stereocenters. The van der Waals surface area contributed by atoms with Crippen molar-refractivity contribution < 1.29 is 4.42 Å². The van der Waals surface area contributed by atoms with Crippen molar-refractivity contribution in [2.45, 2.75) is 30.1 Å². The second kappa shape index (κ2) is 16.4. The summed E-state index contributed by atoms with van der Waals surface area (Å²) in [4.78, 5) is 2.58. The summed E-state index contributed by atoms with van der Waals surface area (Å²) >= 11 is 0. The molecule has 0 amide bonds. The van der Waals surface area contributed by atoms with Crippen LogP contribution in [0.5, 0.6) is 0 Å². The van der Waals surface area contributed by atoms with Gasteiger partial charge in [-0.1, -0.05) is 232 Å². The molecule has 1 aromatic heterocycles. The highest BCUT2D eigenvalue weighted by atomic mass is 16.3. The van der Waals surface area contributed by atoms with Crippen molar-refractivity contribution in [1.29, 1.82) is 0 Å². The van der Waals surface area contributed by atoms with Crippen LogP contribution >= 0.6 is 0 Å². The van der Waals surface area contributed by atoms with Crippen LogP contribution in [-0.4, -0.2) is 0 Å². The zero-order valence-electron chi connectivity index (χ0n) is 41.8. The van der Waals surface area contributed by atoms with Gasteiger partial charge in [-0.3, -0.25) is 0 Å². The topological polar surface area (TPSA) is 16.4 Å². The van der Waals surface area contributed by atoms with Crippen LogP contribution in [0.15, 0.2) is 278 Å². The Morgan fingerprint density at radius 3 is 1.41 bits per heavy atom. The van der Waals surface area contributed by atoms with Crippen molar-refractivity contribution in [3.63, 3.8) is 0 Å². The average Bonchev–Trinajstić information content (AvgIpc) is 4.21. The van der Waals surface area contributed by atoms with Crippen LogP contribution in [0.4, 0.5) is 17.1 Å². The Bertz CT molecular complexity index is 4130. The maximum atomic E-state index is 5.87. The highest BCUT2D eigenvalue weighted by Crippen LogP contribution is 2.62. The van der Waals surface area contributed by atoms with Gasteiger partial charge >= 0.3 is 0 Å². The minimum Gasteiger partial charge on any atom is -0.464 e. The molecule has 3 aliphatic carbocycles. The van der Waals surface area contributed by atoms with E-state index in [0.717, 1.165) is 28.0 Å². The van der Waals surface area contributed by atoms with Gasteiger partial charge in [0.05, 0.1) is 22.8 Å². The number of hydrogen-bond acceptors (Lipinski definition) is 2. The van der Waals surface area contributed by atoms with Crippen LogP contribution in [-0.2, 0) is 16.2 Å². The Labute approximate surface area is 438 Å². The molecular weight excluding hydrogens is 907 g/mol. The maximum Gasteiger partial charge on any atom is 0.133 e. The van der Waals surface area contributed by atoms with Crippen LogP contribution in [0.2, 0.25) is 0 Å². The fourth-order valence-corrected chi connectivity index (χ4v) is 14.0. The summed E-state index contributed by atoms with van der Waals surface area (Å²) in [6, 6.07) is 99.9. The largest absolute Gasteiger partial charge is 0.464 e. The highest BCUT2D eigenvalue weighted by Gasteiger charge is 2.49. The predicted molar refractivity (Wildman–Crippen MR) is 309 cm³/mol. The Morgan fingerprint density at radius 1 is 0.333 bits per heavy atom. The minimum atomic E-state index is -0.579. The first-order chi connectivity index (χ1) is 37.0. The average molecular weight is 958 g/mol. The molecule has 0 fully saturated rings. The fourth-order valence-electron chi connectivity index (χ4n) is 14.0. The van der Waals surface area contributed by atoms with E-state index in [9.17, 15) is 0 Å². The smallest absolute Gasteiger partial charge is 0.133 e. The third-order valence-electron chi connectivity index (χ3n) is 17.1. The molecular formula is C73H51NO. The lowest BCUT2D eigenvalue weighted by molar-refractivity contribution is 0.616. The summed E-state index contributed by atoms with van der Waals surface area (Å²) in [6.45, 7) is 4.82. The summed E-state index contributed by atoms with van der Waals surface area (Å²) in [5.41, 5.74) is 25.5.